The maximum absolute atomic E-state index is 12.8. The van der Waals surface area contributed by atoms with Gasteiger partial charge in [0.25, 0.3) is 5.91 Å². The lowest BCUT2D eigenvalue weighted by atomic mass is 10.1. The number of amides is 1. The van der Waals surface area contributed by atoms with Crippen LogP contribution in [0.3, 0.4) is 0 Å². The molecule has 0 aliphatic carbocycles. The van der Waals surface area contributed by atoms with E-state index in [4.69, 9.17) is 18.9 Å². The van der Waals surface area contributed by atoms with Crippen molar-refractivity contribution >= 4 is 11.9 Å². The quantitative estimate of drug-likeness (QED) is 0.695. The Labute approximate surface area is 158 Å². The molecule has 0 aliphatic rings. The molecule has 0 N–H and O–H groups in total. The van der Waals surface area contributed by atoms with E-state index in [1.54, 1.807) is 38.4 Å². The molecule has 0 aliphatic heterocycles. The number of esters is 1. The van der Waals surface area contributed by atoms with E-state index in [1.165, 1.54) is 38.4 Å². The molecule has 0 bridgehead atoms. The van der Waals surface area contributed by atoms with Crippen LogP contribution in [-0.4, -0.2) is 52.2 Å². The van der Waals surface area contributed by atoms with Gasteiger partial charge in [0.05, 0.1) is 21.3 Å². The highest BCUT2D eigenvalue weighted by Gasteiger charge is 2.29. The minimum atomic E-state index is -1.08. The second kappa shape index (κ2) is 8.93. The van der Waals surface area contributed by atoms with Gasteiger partial charge in [-0.05, 0) is 0 Å². The number of rotatable bonds is 7. The van der Waals surface area contributed by atoms with Crippen LogP contribution in [0.2, 0.25) is 0 Å². The lowest BCUT2D eigenvalue weighted by Crippen LogP contribution is -2.31. The first kappa shape index (κ1) is 20.1. The molecule has 27 heavy (non-hydrogen) atoms. The summed E-state index contributed by atoms with van der Waals surface area (Å²) in [6.45, 7) is 0. The van der Waals surface area contributed by atoms with Gasteiger partial charge in [0.2, 0.25) is 6.10 Å². The molecule has 2 rings (SSSR count). The van der Waals surface area contributed by atoms with E-state index in [0.717, 1.165) is 0 Å². The van der Waals surface area contributed by atoms with Gasteiger partial charge in [-0.15, -0.1) is 0 Å². The van der Waals surface area contributed by atoms with E-state index in [1.807, 2.05) is 6.07 Å². The summed E-state index contributed by atoms with van der Waals surface area (Å²) in [6, 6.07) is 11.8. The van der Waals surface area contributed by atoms with E-state index >= 15 is 0 Å². The number of benzene rings is 2. The summed E-state index contributed by atoms with van der Waals surface area (Å²) in [4.78, 5) is 26.8. The Morgan fingerprint density at radius 2 is 1.41 bits per heavy atom. The molecule has 7 heteroatoms. The second-order valence-corrected chi connectivity index (χ2v) is 5.84. The predicted molar refractivity (Wildman–Crippen MR) is 99.4 cm³/mol. The number of methoxy groups -OCH3 is 3. The molecule has 0 heterocycles. The Kier molecular flexibility index (Phi) is 6.65. The van der Waals surface area contributed by atoms with Gasteiger partial charge in [-0.25, -0.2) is 4.79 Å². The van der Waals surface area contributed by atoms with Crippen molar-refractivity contribution in [3.63, 3.8) is 0 Å². The average Bonchev–Trinajstić information content (AvgIpc) is 2.70. The molecular weight excluding hydrogens is 350 g/mol. The van der Waals surface area contributed by atoms with Crippen molar-refractivity contribution in [3.8, 4) is 17.2 Å². The van der Waals surface area contributed by atoms with Crippen LogP contribution in [0.25, 0.3) is 0 Å². The third-order valence-electron chi connectivity index (χ3n) is 3.92. The van der Waals surface area contributed by atoms with Crippen molar-refractivity contribution in [2.45, 2.75) is 6.10 Å². The van der Waals surface area contributed by atoms with Gasteiger partial charge in [-0.1, -0.05) is 30.3 Å². The topological polar surface area (TPSA) is 74.3 Å². The molecule has 0 aromatic heterocycles. The molecule has 0 radical (unpaired) electrons. The van der Waals surface area contributed by atoms with E-state index in [0.29, 0.717) is 17.1 Å². The van der Waals surface area contributed by atoms with Gasteiger partial charge >= 0.3 is 5.97 Å². The lowest BCUT2D eigenvalue weighted by molar-refractivity contribution is -0.138. The maximum atomic E-state index is 12.8. The first-order chi connectivity index (χ1) is 12.9. The zero-order chi connectivity index (χ0) is 20.0. The fourth-order valence-electron chi connectivity index (χ4n) is 2.48. The fraction of sp³-hybridized carbons (Fsp3) is 0.300. The molecule has 1 amide bonds. The fourth-order valence-corrected chi connectivity index (χ4v) is 2.48. The van der Waals surface area contributed by atoms with Crippen LogP contribution in [0, 0.1) is 0 Å². The Morgan fingerprint density at radius 1 is 0.852 bits per heavy atom. The molecule has 0 spiro atoms. The van der Waals surface area contributed by atoms with Gasteiger partial charge < -0.3 is 23.8 Å². The molecule has 2 aromatic carbocycles. The number of hydrogen-bond acceptors (Lipinski definition) is 6. The SMILES string of the molecule is COc1cc(OC)c(C(=O)O[C@@H](C(=O)N(C)C)c2ccccc2)cc1OC. The first-order valence-electron chi connectivity index (χ1n) is 8.20. The van der Waals surface area contributed by atoms with Crippen LogP contribution in [-0.2, 0) is 9.53 Å². The molecule has 7 nitrogen and oxygen atoms in total. The summed E-state index contributed by atoms with van der Waals surface area (Å²) >= 11 is 0. The van der Waals surface area contributed by atoms with Gasteiger partial charge in [0.15, 0.2) is 11.5 Å². The minimum Gasteiger partial charge on any atom is -0.496 e. The number of carbonyl (C=O) groups excluding carboxylic acids is 2. The summed E-state index contributed by atoms with van der Waals surface area (Å²) in [5, 5.41) is 0. The Bertz CT molecular complexity index is 804. The molecule has 0 saturated heterocycles. The van der Waals surface area contributed by atoms with E-state index < -0.39 is 12.1 Å². The highest BCUT2D eigenvalue weighted by Crippen LogP contribution is 2.35. The number of hydrogen-bond donors (Lipinski definition) is 0. The number of ether oxygens (including phenoxy) is 4. The molecule has 0 unspecified atom stereocenters. The smallest absolute Gasteiger partial charge is 0.343 e. The van der Waals surface area contributed by atoms with Crippen molar-refractivity contribution in [2.24, 2.45) is 0 Å². The molecule has 144 valence electrons. The molecule has 2 aromatic rings. The van der Waals surface area contributed by atoms with Gasteiger partial charge in [-0.2, -0.15) is 0 Å². The van der Waals surface area contributed by atoms with Crippen LogP contribution in [0.5, 0.6) is 17.2 Å². The minimum absolute atomic E-state index is 0.127. The standard InChI is InChI=1S/C20H23NO6/c1-21(2)19(22)18(13-9-7-6-8-10-13)27-20(23)14-11-16(25-4)17(26-5)12-15(14)24-3/h6-12,18H,1-5H3/t18-/m1/s1. The van der Waals surface area contributed by atoms with Crippen molar-refractivity contribution in [1.29, 1.82) is 0 Å². The summed E-state index contributed by atoms with van der Waals surface area (Å²) in [5.41, 5.74) is 0.701. The van der Waals surface area contributed by atoms with Crippen LogP contribution < -0.4 is 14.2 Å². The van der Waals surface area contributed by atoms with Crippen LogP contribution >= 0.6 is 0 Å². The normalized spacial score (nSPS) is 11.3. The van der Waals surface area contributed by atoms with Crippen molar-refractivity contribution in [2.75, 3.05) is 35.4 Å². The Balaban J connectivity index is 2.41. The van der Waals surface area contributed by atoms with Crippen molar-refractivity contribution < 1.29 is 28.5 Å². The third-order valence-corrected chi connectivity index (χ3v) is 3.92. The molecular formula is C20H23NO6. The van der Waals surface area contributed by atoms with E-state index in [2.05, 4.69) is 0 Å². The zero-order valence-electron chi connectivity index (χ0n) is 16.0. The summed E-state index contributed by atoms with van der Waals surface area (Å²) in [6.07, 6.45) is -1.08. The third kappa shape index (κ3) is 4.49. The van der Waals surface area contributed by atoms with E-state index in [9.17, 15) is 9.59 Å². The maximum Gasteiger partial charge on any atom is 0.343 e. The number of nitrogens with zero attached hydrogens (tertiary/aromatic N) is 1. The second-order valence-electron chi connectivity index (χ2n) is 5.84. The van der Waals surface area contributed by atoms with Crippen molar-refractivity contribution in [3.05, 3.63) is 53.6 Å². The highest BCUT2D eigenvalue weighted by molar-refractivity contribution is 5.95. The monoisotopic (exact) mass is 373 g/mol. The predicted octanol–water partition coefficient (Wildman–Crippen LogP) is 2.70. The van der Waals surface area contributed by atoms with Crippen LogP contribution in [0.4, 0.5) is 0 Å². The van der Waals surface area contributed by atoms with Gasteiger partial charge in [-0.3, -0.25) is 4.79 Å². The zero-order valence-corrected chi connectivity index (χ0v) is 16.0. The summed E-state index contributed by atoms with van der Waals surface area (Å²) in [7, 11) is 7.57. The Hall–Kier alpha value is -3.22. The van der Waals surface area contributed by atoms with Crippen molar-refractivity contribution in [1.82, 2.24) is 4.90 Å². The average molecular weight is 373 g/mol. The summed E-state index contributed by atoms with van der Waals surface area (Å²) in [5.74, 6) is -0.0528. The number of carbonyl (C=O) groups is 2. The van der Waals surface area contributed by atoms with Crippen LogP contribution in [0.15, 0.2) is 42.5 Å². The van der Waals surface area contributed by atoms with Gasteiger partial charge in [0.1, 0.15) is 11.3 Å². The summed E-state index contributed by atoms with van der Waals surface area (Å²) < 4.78 is 21.3. The Morgan fingerprint density at radius 3 is 1.93 bits per heavy atom. The lowest BCUT2D eigenvalue weighted by Gasteiger charge is -2.22. The first-order valence-corrected chi connectivity index (χ1v) is 8.20. The van der Waals surface area contributed by atoms with Gasteiger partial charge in [0, 0.05) is 31.8 Å². The highest BCUT2D eigenvalue weighted by atomic mass is 16.6. The van der Waals surface area contributed by atoms with Crippen LogP contribution in [0.1, 0.15) is 22.0 Å². The van der Waals surface area contributed by atoms with E-state index in [-0.39, 0.29) is 17.2 Å². The molecule has 1 atom stereocenters. The largest absolute Gasteiger partial charge is 0.496 e. The number of likely N-dealkylation sites (N-methyl/N-ethyl adjacent to an activating group) is 1. The molecule has 0 fully saturated rings. The molecule has 0 saturated carbocycles.